The van der Waals surface area contributed by atoms with Gasteiger partial charge >= 0.3 is 5.97 Å². The molecule has 0 aromatic heterocycles. The molecular formula is C15H21NO3. The minimum atomic E-state index is -0.689. The predicted octanol–water partition coefficient (Wildman–Crippen LogP) is 2.13. The van der Waals surface area contributed by atoms with Gasteiger partial charge in [0.2, 0.25) is 0 Å². The van der Waals surface area contributed by atoms with Crippen LogP contribution in [0.25, 0.3) is 0 Å². The fourth-order valence-corrected chi connectivity index (χ4v) is 2.53. The second-order valence-electron chi connectivity index (χ2n) is 5.58. The molecule has 104 valence electrons. The predicted molar refractivity (Wildman–Crippen MR) is 72.8 cm³/mol. The summed E-state index contributed by atoms with van der Waals surface area (Å²) < 4.78 is 5.08. The topological polar surface area (TPSA) is 49.8 Å². The maximum Gasteiger partial charge on any atom is 0.310 e. The number of hydrogen-bond donors (Lipinski definition) is 1. The molecular weight excluding hydrogens is 242 g/mol. The van der Waals surface area contributed by atoms with Crippen molar-refractivity contribution >= 4 is 5.97 Å². The van der Waals surface area contributed by atoms with Crippen molar-refractivity contribution in [3.05, 3.63) is 35.4 Å². The van der Waals surface area contributed by atoms with Crippen LogP contribution in [0.2, 0.25) is 0 Å². The van der Waals surface area contributed by atoms with Crippen LogP contribution in [0.3, 0.4) is 0 Å². The van der Waals surface area contributed by atoms with Gasteiger partial charge in [0.25, 0.3) is 0 Å². The molecule has 1 N–H and O–H groups in total. The monoisotopic (exact) mass is 263 g/mol. The number of methoxy groups -OCH3 is 1. The summed E-state index contributed by atoms with van der Waals surface area (Å²) >= 11 is 0. The molecule has 1 atom stereocenters. The number of hydrogen-bond acceptors (Lipinski definition) is 3. The van der Waals surface area contributed by atoms with E-state index in [0.29, 0.717) is 13.2 Å². The van der Waals surface area contributed by atoms with E-state index >= 15 is 0 Å². The van der Waals surface area contributed by atoms with Gasteiger partial charge in [0, 0.05) is 20.2 Å². The summed E-state index contributed by atoms with van der Waals surface area (Å²) in [5, 5.41) is 9.21. The Morgan fingerprint density at radius 3 is 2.53 bits per heavy atom. The molecule has 4 heteroatoms. The quantitative estimate of drug-likeness (QED) is 0.884. The highest BCUT2D eigenvalue weighted by molar-refractivity contribution is 5.74. The van der Waals surface area contributed by atoms with Gasteiger partial charge in [0.1, 0.15) is 0 Å². The Balaban J connectivity index is 1.94. The van der Waals surface area contributed by atoms with Crippen molar-refractivity contribution in [2.24, 2.45) is 5.41 Å². The lowest BCUT2D eigenvalue weighted by Crippen LogP contribution is -2.31. The fraction of sp³-hybridized carbons (Fsp3) is 0.533. The fourth-order valence-electron chi connectivity index (χ4n) is 2.53. The lowest BCUT2D eigenvalue weighted by Gasteiger charge is -2.20. The molecule has 1 aromatic rings. The maximum atomic E-state index is 11.2. The van der Waals surface area contributed by atoms with Crippen LogP contribution in [0.4, 0.5) is 0 Å². The normalized spacial score (nSPS) is 23.7. The van der Waals surface area contributed by atoms with E-state index in [-0.39, 0.29) is 0 Å². The van der Waals surface area contributed by atoms with Crippen molar-refractivity contribution < 1.29 is 14.6 Å². The molecule has 0 radical (unpaired) electrons. The summed E-state index contributed by atoms with van der Waals surface area (Å²) in [6.45, 7) is 4.75. The summed E-state index contributed by atoms with van der Waals surface area (Å²) in [4.78, 5) is 13.4. The minimum Gasteiger partial charge on any atom is -0.481 e. The van der Waals surface area contributed by atoms with Gasteiger partial charge < -0.3 is 9.84 Å². The van der Waals surface area contributed by atoms with Gasteiger partial charge in [-0.15, -0.1) is 0 Å². The van der Waals surface area contributed by atoms with E-state index in [4.69, 9.17) is 4.74 Å². The smallest absolute Gasteiger partial charge is 0.310 e. The number of carbonyl (C=O) groups is 1. The van der Waals surface area contributed by atoms with Gasteiger partial charge in [-0.1, -0.05) is 24.3 Å². The van der Waals surface area contributed by atoms with Crippen LogP contribution in [-0.4, -0.2) is 36.2 Å². The van der Waals surface area contributed by atoms with Gasteiger partial charge in [-0.25, -0.2) is 0 Å². The Hall–Kier alpha value is -1.39. The number of carboxylic acid groups (broad SMARTS) is 1. The molecule has 1 heterocycles. The zero-order valence-corrected chi connectivity index (χ0v) is 11.6. The molecule has 19 heavy (non-hydrogen) atoms. The van der Waals surface area contributed by atoms with Crippen molar-refractivity contribution in [2.45, 2.75) is 26.5 Å². The molecule has 1 aliphatic rings. The molecule has 1 saturated heterocycles. The second-order valence-corrected chi connectivity index (χ2v) is 5.58. The van der Waals surface area contributed by atoms with Gasteiger partial charge in [-0.2, -0.15) is 0 Å². The SMILES string of the molecule is COCc1ccc(CN2CCC(C)(C(=O)O)C2)cc1. The molecule has 0 bridgehead atoms. The van der Waals surface area contributed by atoms with E-state index in [1.807, 2.05) is 6.92 Å². The van der Waals surface area contributed by atoms with E-state index < -0.39 is 11.4 Å². The van der Waals surface area contributed by atoms with Crippen LogP contribution in [-0.2, 0) is 22.7 Å². The van der Waals surface area contributed by atoms with Crippen LogP contribution in [0.15, 0.2) is 24.3 Å². The van der Waals surface area contributed by atoms with Gasteiger partial charge in [0.05, 0.1) is 12.0 Å². The lowest BCUT2D eigenvalue weighted by atomic mass is 9.90. The Morgan fingerprint density at radius 2 is 2.00 bits per heavy atom. The lowest BCUT2D eigenvalue weighted by molar-refractivity contribution is -0.147. The summed E-state index contributed by atoms with van der Waals surface area (Å²) in [6.07, 6.45) is 0.726. The van der Waals surface area contributed by atoms with Crippen LogP contribution in [0, 0.1) is 5.41 Å². The van der Waals surface area contributed by atoms with Crippen LogP contribution in [0.1, 0.15) is 24.5 Å². The second kappa shape index (κ2) is 5.72. The summed E-state index contributed by atoms with van der Waals surface area (Å²) in [5.74, 6) is -0.689. The summed E-state index contributed by atoms with van der Waals surface area (Å²) in [5.41, 5.74) is 1.79. The first kappa shape index (κ1) is 14.0. The minimum absolute atomic E-state index is 0.587. The van der Waals surface area contributed by atoms with Crippen molar-refractivity contribution in [3.8, 4) is 0 Å². The van der Waals surface area contributed by atoms with Gasteiger partial charge in [0.15, 0.2) is 0 Å². The van der Waals surface area contributed by atoms with Crippen molar-refractivity contribution in [3.63, 3.8) is 0 Å². The number of ether oxygens (including phenoxy) is 1. The van der Waals surface area contributed by atoms with Crippen molar-refractivity contribution in [2.75, 3.05) is 20.2 Å². The van der Waals surface area contributed by atoms with E-state index in [9.17, 15) is 9.90 Å². The van der Waals surface area contributed by atoms with Crippen LogP contribution in [0.5, 0.6) is 0 Å². The number of nitrogens with zero attached hydrogens (tertiary/aromatic N) is 1. The zero-order chi connectivity index (χ0) is 13.9. The van der Waals surface area contributed by atoms with Gasteiger partial charge in [-0.05, 0) is 31.0 Å². The highest BCUT2D eigenvalue weighted by Gasteiger charge is 2.40. The Morgan fingerprint density at radius 1 is 1.37 bits per heavy atom. The Bertz CT molecular complexity index is 443. The number of carboxylic acids is 1. The first-order valence-corrected chi connectivity index (χ1v) is 6.56. The average Bonchev–Trinajstić information content (AvgIpc) is 2.75. The molecule has 0 aliphatic carbocycles. The standard InChI is InChI=1S/C15H21NO3/c1-15(14(17)18)7-8-16(11-15)9-12-3-5-13(6-4-12)10-19-2/h3-6H,7-11H2,1-2H3,(H,17,18). The molecule has 4 nitrogen and oxygen atoms in total. The molecule has 1 aromatic carbocycles. The number of rotatable bonds is 5. The summed E-state index contributed by atoms with van der Waals surface area (Å²) in [7, 11) is 1.69. The Labute approximate surface area is 114 Å². The van der Waals surface area contributed by atoms with E-state index in [1.54, 1.807) is 7.11 Å². The third kappa shape index (κ3) is 3.33. The highest BCUT2D eigenvalue weighted by Crippen LogP contribution is 2.30. The van der Waals surface area contributed by atoms with Crippen LogP contribution >= 0.6 is 0 Å². The molecule has 1 unspecified atom stereocenters. The van der Waals surface area contributed by atoms with Gasteiger partial charge in [-0.3, -0.25) is 9.69 Å². The number of aliphatic carboxylic acids is 1. The maximum absolute atomic E-state index is 11.2. The number of benzene rings is 1. The summed E-state index contributed by atoms with van der Waals surface area (Å²) in [6, 6.07) is 8.30. The third-order valence-corrected chi connectivity index (χ3v) is 3.81. The molecule has 1 fully saturated rings. The van der Waals surface area contributed by atoms with Crippen molar-refractivity contribution in [1.82, 2.24) is 4.90 Å². The molecule has 2 rings (SSSR count). The van der Waals surface area contributed by atoms with E-state index in [1.165, 1.54) is 5.56 Å². The largest absolute Gasteiger partial charge is 0.481 e. The first-order valence-electron chi connectivity index (χ1n) is 6.56. The van der Waals surface area contributed by atoms with E-state index in [0.717, 1.165) is 25.1 Å². The molecule has 0 saturated carbocycles. The molecule has 1 aliphatic heterocycles. The van der Waals surface area contributed by atoms with Crippen LogP contribution < -0.4 is 0 Å². The molecule has 0 amide bonds. The van der Waals surface area contributed by atoms with Crippen molar-refractivity contribution in [1.29, 1.82) is 0 Å². The first-order chi connectivity index (χ1) is 9.03. The third-order valence-electron chi connectivity index (χ3n) is 3.81. The Kier molecular flexibility index (Phi) is 4.22. The van der Waals surface area contributed by atoms with E-state index in [2.05, 4.69) is 29.2 Å². The zero-order valence-electron chi connectivity index (χ0n) is 11.6. The average molecular weight is 263 g/mol. The molecule has 0 spiro atoms. The number of likely N-dealkylation sites (tertiary alicyclic amines) is 1. The highest BCUT2D eigenvalue weighted by atomic mass is 16.5.